The van der Waals surface area contributed by atoms with Gasteiger partial charge in [0.15, 0.2) is 5.16 Å². The Balaban J connectivity index is 2.41. The molecule has 0 spiro atoms. The van der Waals surface area contributed by atoms with Crippen LogP contribution in [0.4, 0.5) is 0 Å². The van der Waals surface area contributed by atoms with E-state index in [4.69, 9.17) is 5.73 Å². The summed E-state index contributed by atoms with van der Waals surface area (Å²) in [6, 6.07) is 1.99. The van der Waals surface area contributed by atoms with Crippen molar-refractivity contribution in [1.29, 1.82) is 0 Å². The average molecular weight is 326 g/mol. The maximum atomic E-state index is 11.5. The first-order valence-corrected chi connectivity index (χ1v) is 8.33. The summed E-state index contributed by atoms with van der Waals surface area (Å²) in [5.74, 6) is 0. The van der Waals surface area contributed by atoms with Crippen LogP contribution in [0, 0.1) is 6.92 Å². The fourth-order valence-electron chi connectivity index (χ4n) is 1.90. The van der Waals surface area contributed by atoms with E-state index in [0.717, 1.165) is 6.42 Å². The molecule has 0 amide bonds. The van der Waals surface area contributed by atoms with Gasteiger partial charge in [-0.1, -0.05) is 18.7 Å². The molecule has 8 heteroatoms. The van der Waals surface area contributed by atoms with Crippen molar-refractivity contribution in [3.8, 4) is 0 Å². The molecule has 2 aromatic heterocycles. The molecule has 3 N–H and O–H groups in total. The summed E-state index contributed by atoms with van der Waals surface area (Å²) in [6.45, 7) is 4.07. The number of thioether (sulfide) groups is 1. The molecule has 0 aliphatic carbocycles. The van der Waals surface area contributed by atoms with Gasteiger partial charge in [-0.2, -0.15) is 4.98 Å². The van der Waals surface area contributed by atoms with Gasteiger partial charge in [-0.3, -0.25) is 19.4 Å². The number of aryl methyl sites for hydroxylation is 2. The van der Waals surface area contributed by atoms with Crippen LogP contribution in [-0.4, -0.2) is 20.8 Å². The molecule has 2 unspecified atom stereocenters. The van der Waals surface area contributed by atoms with Gasteiger partial charge in [0.05, 0.1) is 5.25 Å². The minimum absolute atomic E-state index is 0.000924. The number of nitrogens with zero attached hydrogens (tertiary/aromatic N) is 2. The molecule has 2 heterocycles. The van der Waals surface area contributed by atoms with E-state index >= 15 is 0 Å². The standard InChI is InChI=1S/C13H18N4O2S2/c1-4-8(14)10(9-7(2)5-6-20-9)21-13-15-11(18)12(19)16-17(13)3/h5-6,8,10H,4,14H2,1-3H3,(H,16,19). The van der Waals surface area contributed by atoms with E-state index in [2.05, 4.69) is 16.1 Å². The van der Waals surface area contributed by atoms with Crippen molar-refractivity contribution >= 4 is 23.1 Å². The van der Waals surface area contributed by atoms with E-state index in [0.29, 0.717) is 5.16 Å². The van der Waals surface area contributed by atoms with E-state index in [9.17, 15) is 9.59 Å². The van der Waals surface area contributed by atoms with E-state index in [1.165, 1.54) is 26.9 Å². The van der Waals surface area contributed by atoms with Crippen molar-refractivity contribution in [2.24, 2.45) is 12.8 Å². The van der Waals surface area contributed by atoms with E-state index in [1.807, 2.05) is 19.2 Å². The molecule has 114 valence electrons. The fraction of sp³-hybridized carbons (Fsp3) is 0.462. The highest BCUT2D eigenvalue weighted by atomic mass is 32.2. The molecule has 0 aliphatic heterocycles. The lowest BCUT2D eigenvalue weighted by Crippen LogP contribution is -2.34. The molecule has 2 atom stereocenters. The Bertz CT molecular complexity index is 734. The molecule has 21 heavy (non-hydrogen) atoms. The van der Waals surface area contributed by atoms with Crippen molar-refractivity contribution in [3.05, 3.63) is 42.6 Å². The summed E-state index contributed by atoms with van der Waals surface area (Å²) in [7, 11) is 1.66. The van der Waals surface area contributed by atoms with Crippen LogP contribution in [-0.2, 0) is 7.05 Å². The van der Waals surface area contributed by atoms with E-state index in [1.54, 1.807) is 18.4 Å². The Morgan fingerprint density at radius 1 is 1.52 bits per heavy atom. The Kier molecular flexibility index (Phi) is 5.02. The van der Waals surface area contributed by atoms with Gasteiger partial charge in [-0.05, 0) is 30.4 Å². The molecule has 2 rings (SSSR count). The van der Waals surface area contributed by atoms with Gasteiger partial charge in [0.25, 0.3) is 0 Å². The highest BCUT2D eigenvalue weighted by Gasteiger charge is 2.24. The summed E-state index contributed by atoms with van der Waals surface area (Å²) in [4.78, 5) is 27.7. The SMILES string of the molecule is CCC(N)C(Sc1nc(=O)c(=O)[nH]n1C)c1sccc1C. The molecule has 0 radical (unpaired) electrons. The summed E-state index contributed by atoms with van der Waals surface area (Å²) in [5.41, 5.74) is 5.93. The van der Waals surface area contributed by atoms with Gasteiger partial charge in [-0.25, -0.2) is 0 Å². The smallest absolute Gasteiger partial charge is 0.326 e. The van der Waals surface area contributed by atoms with Crippen molar-refractivity contribution in [1.82, 2.24) is 14.8 Å². The molecule has 0 aromatic carbocycles. The first-order valence-electron chi connectivity index (χ1n) is 6.57. The van der Waals surface area contributed by atoms with E-state index < -0.39 is 11.1 Å². The zero-order valence-electron chi connectivity index (χ0n) is 12.1. The molecule has 0 aliphatic rings. The van der Waals surface area contributed by atoms with Gasteiger partial charge in [0.1, 0.15) is 0 Å². The van der Waals surface area contributed by atoms with Gasteiger partial charge in [-0.15, -0.1) is 11.3 Å². The first kappa shape index (κ1) is 16.0. The molecular formula is C13H18N4O2S2. The van der Waals surface area contributed by atoms with Crippen molar-refractivity contribution in [3.63, 3.8) is 0 Å². The number of nitrogens with two attached hydrogens (primary N) is 1. The van der Waals surface area contributed by atoms with Crippen LogP contribution >= 0.6 is 23.1 Å². The molecule has 0 saturated carbocycles. The zero-order chi connectivity index (χ0) is 15.6. The molecule has 2 aromatic rings. The summed E-state index contributed by atoms with van der Waals surface area (Å²) in [5, 5.41) is 4.94. The molecule has 0 fully saturated rings. The van der Waals surface area contributed by atoms with Gasteiger partial charge >= 0.3 is 11.1 Å². The third-order valence-corrected chi connectivity index (χ3v) is 5.87. The summed E-state index contributed by atoms with van der Waals surface area (Å²) >= 11 is 3.06. The zero-order valence-corrected chi connectivity index (χ0v) is 13.8. The number of aromatic nitrogens is 3. The minimum Gasteiger partial charge on any atom is -0.326 e. The topological polar surface area (TPSA) is 93.8 Å². The quantitative estimate of drug-likeness (QED) is 0.640. The number of thiophene rings is 1. The van der Waals surface area contributed by atoms with Gasteiger partial charge < -0.3 is 5.73 Å². The van der Waals surface area contributed by atoms with Crippen LogP contribution in [0.3, 0.4) is 0 Å². The third kappa shape index (κ3) is 3.45. The molecule has 6 nitrogen and oxygen atoms in total. The Labute approximate surface area is 130 Å². The maximum absolute atomic E-state index is 11.5. The summed E-state index contributed by atoms with van der Waals surface area (Å²) in [6.07, 6.45) is 0.812. The highest BCUT2D eigenvalue weighted by Crippen LogP contribution is 2.40. The van der Waals surface area contributed by atoms with Gasteiger partial charge in [0.2, 0.25) is 0 Å². The van der Waals surface area contributed by atoms with Crippen molar-refractivity contribution in [2.75, 3.05) is 0 Å². The molecule has 0 saturated heterocycles. The second kappa shape index (κ2) is 6.59. The minimum atomic E-state index is -0.776. The van der Waals surface area contributed by atoms with E-state index in [-0.39, 0.29) is 11.3 Å². The van der Waals surface area contributed by atoms with Crippen LogP contribution in [0.25, 0.3) is 0 Å². The van der Waals surface area contributed by atoms with Crippen LogP contribution in [0.2, 0.25) is 0 Å². The lowest BCUT2D eigenvalue weighted by Gasteiger charge is -2.22. The molecule has 0 bridgehead atoms. The predicted octanol–water partition coefficient (Wildman–Crippen LogP) is 1.41. The van der Waals surface area contributed by atoms with Crippen molar-refractivity contribution in [2.45, 2.75) is 36.7 Å². The second-order valence-electron chi connectivity index (χ2n) is 4.78. The number of aromatic amines is 1. The maximum Gasteiger partial charge on any atom is 0.339 e. The van der Waals surface area contributed by atoms with Crippen molar-refractivity contribution < 1.29 is 0 Å². The monoisotopic (exact) mass is 326 g/mol. The van der Waals surface area contributed by atoms with Crippen LogP contribution in [0.5, 0.6) is 0 Å². The fourth-order valence-corrected chi connectivity index (χ4v) is 4.42. The average Bonchev–Trinajstić information content (AvgIpc) is 2.86. The largest absolute Gasteiger partial charge is 0.339 e. The third-order valence-electron chi connectivity index (χ3n) is 3.20. The molecular weight excluding hydrogens is 308 g/mol. The Morgan fingerprint density at radius 3 is 2.81 bits per heavy atom. The normalized spacial score (nSPS) is 14.1. The lowest BCUT2D eigenvalue weighted by atomic mass is 10.1. The van der Waals surface area contributed by atoms with Gasteiger partial charge in [0, 0.05) is 18.0 Å². The number of H-pyrrole nitrogens is 1. The Hall–Kier alpha value is -1.38. The Morgan fingerprint density at radius 2 is 2.24 bits per heavy atom. The van der Waals surface area contributed by atoms with Crippen LogP contribution in [0.15, 0.2) is 26.2 Å². The van der Waals surface area contributed by atoms with Crippen LogP contribution in [0.1, 0.15) is 29.0 Å². The highest BCUT2D eigenvalue weighted by molar-refractivity contribution is 7.99. The number of hydrogen-bond donors (Lipinski definition) is 2. The first-order chi connectivity index (χ1) is 9.93. The lowest BCUT2D eigenvalue weighted by molar-refractivity contribution is 0.586. The predicted molar refractivity (Wildman–Crippen MR) is 86.0 cm³/mol. The number of hydrogen-bond acceptors (Lipinski definition) is 6. The number of rotatable bonds is 5. The summed E-state index contributed by atoms with van der Waals surface area (Å²) < 4.78 is 1.46. The number of nitrogens with one attached hydrogen (secondary N) is 1. The second-order valence-corrected chi connectivity index (χ2v) is 6.83. The van der Waals surface area contributed by atoms with Crippen LogP contribution < -0.4 is 16.9 Å².